The van der Waals surface area contributed by atoms with Crippen LogP contribution in [0, 0.1) is 11.7 Å². The molecule has 0 aromatic heterocycles. The molecule has 0 unspecified atom stereocenters. The van der Waals surface area contributed by atoms with Gasteiger partial charge in [0.2, 0.25) is 0 Å². The molecule has 0 aliphatic heterocycles. The average Bonchev–Trinajstić information content (AvgIpc) is 2.93. The quantitative estimate of drug-likeness (QED) is 0.820. The van der Waals surface area contributed by atoms with Gasteiger partial charge in [0.25, 0.3) is 0 Å². The van der Waals surface area contributed by atoms with Gasteiger partial charge < -0.3 is 5.73 Å². The predicted octanol–water partition coefficient (Wildman–Crippen LogP) is 3.28. The lowest BCUT2D eigenvalue weighted by Gasteiger charge is -2.11. The largest absolute Gasteiger partial charge is 0.324 e. The summed E-state index contributed by atoms with van der Waals surface area (Å²) >= 11 is 5.68. The number of benzene rings is 1. The zero-order valence-electron chi connectivity index (χ0n) is 7.84. The number of nitrogens with two attached hydrogens (primary N) is 1. The van der Waals surface area contributed by atoms with Gasteiger partial charge in [-0.3, -0.25) is 0 Å². The monoisotopic (exact) mass is 213 g/mol. The minimum absolute atomic E-state index is 0.000556. The van der Waals surface area contributed by atoms with Crippen LogP contribution in [0.2, 0.25) is 5.02 Å². The van der Waals surface area contributed by atoms with Crippen LogP contribution in [0.3, 0.4) is 0 Å². The minimum Gasteiger partial charge on any atom is -0.324 e. The molecule has 1 fully saturated rings. The van der Waals surface area contributed by atoms with E-state index in [9.17, 15) is 4.39 Å². The van der Waals surface area contributed by atoms with Gasteiger partial charge >= 0.3 is 0 Å². The topological polar surface area (TPSA) is 26.0 Å². The van der Waals surface area contributed by atoms with E-state index in [-0.39, 0.29) is 16.9 Å². The molecule has 2 rings (SSSR count). The van der Waals surface area contributed by atoms with Gasteiger partial charge in [-0.15, -0.1) is 0 Å². The summed E-state index contributed by atoms with van der Waals surface area (Å²) in [4.78, 5) is 0. The summed E-state index contributed by atoms with van der Waals surface area (Å²) < 4.78 is 12.9. The van der Waals surface area contributed by atoms with Crippen molar-refractivity contribution in [1.29, 1.82) is 0 Å². The van der Waals surface area contributed by atoms with E-state index in [2.05, 4.69) is 0 Å². The van der Waals surface area contributed by atoms with Crippen LogP contribution >= 0.6 is 11.6 Å². The van der Waals surface area contributed by atoms with Crippen molar-refractivity contribution >= 4 is 11.6 Å². The lowest BCUT2D eigenvalue weighted by Crippen LogP contribution is -2.10. The van der Waals surface area contributed by atoms with Gasteiger partial charge in [0, 0.05) is 6.04 Å². The van der Waals surface area contributed by atoms with Crippen molar-refractivity contribution in [2.45, 2.75) is 25.3 Å². The summed E-state index contributed by atoms with van der Waals surface area (Å²) in [6, 6.07) is 4.73. The molecule has 1 aliphatic carbocycles. The summed E-state index contributed by atoms with van der Waals surface area (Å²) in [7, 11) is 0. The third-order valence-corrected chi connectivity index (χ3v) is 2.95. The second kappa shape index (κ2) is 3.87. The first kappa shape index (κ1) is 9.94. The summed E-state index contributed by atoms with van der Waals surface area (Å²) in [5, 5.41) is 0.161. The van der Waals surface area contributed by atoms with Gasteiger partial charge in [-0.05, 0) is 30.0 Å². The Morgan fingerprint density at radius 3 is 2.79 bits per heavy atom. The molecule has 0 amide bonds. The van der Waals surface area contributed by atoms with Crippen molar-refractivity contribution in [2.24, 2.45) is 11.7 Å². The van der Waals surface area contributed by atoms with E-state index < -0.39 is 0 Å². The van der Waals surface area contributed by atoms with Gasteiger partial charge in [-0.2, -0.15) is 0 Å². The molecule has 0 bridgehead atoms. The van der Waals surface area contributed by atoms with Crippen LogP contribution in [0.15, 0.2) is 18.2 Å². The Morgan fingerprint density at radius 2 is 2.21 bits per heavy atom. The fourth-order valence-corrected chi connectivity index (χ4v) is 1.78. The Morgan fingerprint density at radius 1 is 1.50 bits per heavy atom. The maximum atomic E-state index is 12.9. The lowest BCUT2D eigenvalue weighted by atomic mass is 10.0. The van der Waals surface area contributed by atoms with E-state index in [0.29, 0.717) is 0 Å². The van der Waals surface area contributed by atoms with Crippen LogP contribution in [-0.4, -0.2) is 0 Å². The molecular formula is C11H13ClFN. The molecule has 0 heterocycles. The van der Waals surface area contributed by atoms with Crippen LogP contribution in [0.5, 0.6) is 0 Å². The number of hydrogen-bond donors (Lipinski definition) is 1. The molecule has 14 heavy (non-hydrogen) atoms. The molecular weight excluding hydrogens is 201 g/mol. The van der Waals surface area contributed by atoms with Gasteiger partial charge in [-0.25, -0.2) is 4.39 Å². The summed E-state index contributed by atoms with van der Waals surface area (Å²) in [5.41, 5.74) is 6.91. The minimum atomic E-state index is -0.381. The van der Waals surface area contributed by atoms with Crippen LogP contribution in [-0.2, 0) is 0 Å². The van der Waals surface area contributed by atoms with Crippen molar-refractivity contribution in [2.75, 3.05) is 0 Å². The van der Waals surface area contributed by atoms with Crippen LogP contribution < -0.4 is 5.73 Å². The van der Waals surface area contributed by atoms with Crippen molar-refractivity contribution in [3.63, 3.8) is 0 Å². The molecule has 0 saturated heterocycles. The number of rotatable bonds is 3. The highest BCUT2D eigenvalue weighted by molar-refractivity contribution is 6.30. The first-order chi connectivity index (χ1) is 6.66. The zero-order chi connectivity index (χ0) is 10.1. The van der Waals surface area contributed by atoms with Crippen molar-refractivity contribution < 1.29 is 4.39 Å². The third kappa shape index (κ3) is 2.25. The fourth-order valence-electron chi connectivity index (χ4n) is 1.59. The maximum Gasteiger partial charge on any atom is 0.141 e. The van der Waals surface area contributed by atoms with Crippen molar-refractivity contribution in [3.05, 3.63) is 34.6 Å². The standard InChI is InChI=1S/C11H13ClFN/c12-9-6-8(3-4-10(9)13)11(14)5-7-1-2-7/h3-4,6-7,11H,1-2,5,14H2/t11-/m0/s1. The highest BCUT2D eigenvalue weighted by Crippen LogP contribution is 2.37. The Hall–Kier alpha value is -0.600. The Kier molecular flexibility index (Phi) is 2.75. The molecule has 1 atom stereocenters. The second-order valence-corrected chi connectivity index (χ2v) is 4.37. The van der Waals surface area contributed by atoms with Crippen LogP contribution in [0.4, 0.5) is 4.39 Å². The first-order valence-electron chi connectivity index (χ1n) is 4.87. The number of hydrogen-bond acceptors (Lipinski definition) is 1. The van der Waals surface area contributed by atoms with Crippen molar-refractivity contribution in [1.82, 2.24) is 0 Å². The summed E-state index contributed by atoms with van der Waals surface area (Å²) in [5.74, 6) is 0.392. The average molecular weight is 214 g/mol. The molecule has 1 nitrogen and oxygen atoms in total. The van der Waals surface area contributed by atoms with Crippen molar-refractivity contribution in [3.8, 4) is 0 Å². The molecule has 3 heteroatoms. The highest BCUT2D eigenvalue weighted by Gasteiger charge is 2.24. The number of halogens is 2. The molecule has 0 radical (unpaired) electrons. The van der Waals surface area contributed by atoms with E-state index >= 15 is 0 Å². The summed E-state index contributed by atoms with van der Waals surface area (Å²) in [6.07, 6.45) is 3.55. The second-order valence-electron chi connectivity index (χ2n) is 3.96. The lowest BCUT2D eigenvalue weighted by molar-refractivity contribution is 0.591. The third-order valence-electron chi connectivity index (χ3n) is 2.66. The van der Waals surface area contributed by atoms with Gasteiger partial charge in [0.15, 0.2) is 0 Å². The van der Waals surface area contributed by atoms with E-state index in [1.807, 2.05) is 0 Å². The Balaban J connectivity index is 2.10. The van der Waals surface area contributed by atoms with Crippen LogP contribution in [0.25, 0.3) is 0 Å². The van der Waals surface area contributed by atoms with Gasteiger partial charge in [0.05, 0.1) is 5.02 Å². The van der Waals surface area contributed by atoms with E-state index in [1.165, 1.54) is 18.9 Å². The van der Waals surface area contributed by atoms with Gasteiger partial charge in [0.1, 0.15) is 5.82 Å². The van der Waals surface area contributed by atoms with E-state index in [0.717, 1.165) is 17.9 Å². The molecule has 1 aromatic rings. The molecule has 1 aromatic carbocycles. The molecule has 1 aliphatic rings. The molecule has 2 N–H and O–H groups in total. The zero-order valence-corrected chi connectivity index (χ0v) is 8.60. The molecule has 76 valence electrons. The van der Waals surface area contributed by atoms with E-state index in [4.69, 9.17) is 17.3 Å². The predicted molar refractivity (Wildman–Crippen MR) is 55.7 cm³/mol. The van der Waals surface area contributed by atoms with E-state index in [1.54, 1.807) is 12.1 Å². The van der Waals surface area contributed by atoms with Gasteiger partial charge in [-0.1, -0.05) is 30.5 Å². The van der Waals surface area contributed by atoms with Crippen LogP contribution in [0.1, 0.15) is 30.9 Å². The fraction of sp³-hybridized carbons (Fsp3) is 0.455. The molecule has 1 saturated carbocycles. The first-order valence-corrected chi connectivity index (χ1v) is 5.25. The SMILES string of the molecule is N[C@@H](CC1CC1)c1ccc(F)c(Cl)c1. The normalized spacial score (nSPS) is 18.2. The molecule has 0 spiro atoms. The Labute approximate surface area is 88.1 Å². The smallest absolute Gasteiger partial charge is 0.141 e. The Bertz CT molecular complexity index is 336. The summed E-state index contributed by atoms with van der Waals surface area (Å²) in [6.45, 7) is 0. The maximum absolute atomic E-state index is 12.9. The highest BCUT2D eigenvalue weighted by atomic mass is 35.5.